The van der Waals surface area contributed by atoms with Gasteiger partial charge in [-0.1, -0.05) is 30.3 Å². The summed E-state index contributed by atoms with van der Waals surface area (Å²) in [6, 6.07) is 8.70. The van der Waals surface area contributed by atoms with Crippen LogP contribution in [0.15, 0.2) is 30.3 Å². The van der Waals surface area contributed by atoms with E-state index in [0.29, 0.717) is 19.5 Å². The van der Waals surface area contributed by atoms with Crippen LogP contribution in [0.3, 0.4) is 0 Å². The zero-order valence-electron chi connectivity index (χ0n) is 11.2. The van der Waals surface area contributed by atoms with E-state index in [1.807, 2.05) is 30.3 Å². The maximum atomic E-state index is 12.4. The molecule has 0 saturated carbocycles. The van der Waals surface area contributed by atoms with Crippen molar-refractivity contribution in [3.05, 3.63) is 35.9 Å². The van der Waals surface area contributed by atoms with Crippen LogP contribution in [0.4, 0.5) is 4.79 Å². The van der Waals surface area contributed by atoms with Gasteiger partial charge in [0.25, 0.3) is 0 Å². The van der Waals surface area contributed by atoms with Crippen LogP contribution >= 0.6 is 0 Å². The molecule has 0 aromatic heterocycles. The fourth-order valence-electron chi connectivity index (χ4n) is 2.30. The molecule has 6 nitrogen and oxygen atoms in total. The molecule has 108 valence electrons. The Morgan fingerprint density at radius 1 is 1.25 bits per heavy atom. The Balaban J connectivity index is 2.05. The van der Waals surface area contributed by atoms with E-state index >= 15 is 0 Å². The average molecular weight is 277 g/mol. The number of carboxylic acid groups (broad SMARTS) is 1. The highest BCUT2D eigenvalue weighted by Crippen LogP contribution is 2.07. The van der Waals surface area contributed by atoms with Gasteiger partial charge in [-0.2, -0.15) is 0 Å². The molecular formula is C14H19N3O3. The second kappa shape index (κ2) is 6.91. The third-order valence-corrected chi connectivity index (χ3v) is 3.31. The van der Waals surface area contributed by atoms with Crippen LogP contribution in [-0.2, 0) is 11.2 Å². The lowest BCUT2D eigenvalue weighted by molar-refractivity contribution is -0.133. The molecule has 20 heavy (non-hydrogen) atoms. The van der Waals surface area contributed by atoms with Gasteiger partial charge >= 0.3 is 6.09 Å². The van der Waals surface area contributed by atoms with Gasteiger partial charge < -0.3 is 20.6 Å². The molecule has 2 rings (SSSR count). The first kappa shape index (κ1) is 14.3. The van der Waals surface area contributed by atoms with Crippen molar-refractivity contribution in [2.75, 3.05) is 26.2 Å². The van der Waals surface area contributed by atoms with E-state index < -0.39 is 12.1 Å². The lowest BCUT2D eigenvalue weighted by Crippen LogP contribution is -2.54. The van der Waals surface area contributed by atoms with Gasteiger partial charge in [0.2, 0.25) is 5.91 Å². The first-order valence-electron chi connectivity index (χ1n) is 6.69. The predicted octanol–water partition coefficient (Wildman–Crippen LogP) is 0.297. The van der Waals surface area contributed by atoms with Crippen LogP contribution in [0.5, 0.6) is 0 Å². The molecule has 1 atom stereocenters. The topological polar surface area (TPSA) is 81.7 Å². The van der Waals surface area contributed by atoms with Crippen LogP contribution in [0.25, 0.3) is 0 Å². The van der Waals surface area contributed by atoms with E-state index in [9.17, 15) is 9.59 Å². The molecule has 0 spiro atoms. The van der Waals surface area contributed by atoms with Gasteiger partial charge in [0.15, 0.2) is 0 Å². The number of rotatable bonds is 4. The third-order valence-electron chi connectivity index (χ3n) is 3.31. The number of carbonyl (C=O) groups is 2. The zero-order chi connectivity index (χ0) is 14.4. The Morgan fingerprint density at radius 2 is 1.90 bits per heavy atom. The summed E-state index contributed by atoms with van der Waals surface area (Å²) >= 11 is 0. The van der Waals surface area contributed by atoms with Gasteiger partial charge in [0.1, 0.15) is 6.04 Å². The molecule has 0 unspecified atom stereocenters. The van der Waals surface area contributed by atoms with Crippen molar-refractivity contribution in [1.29, 1.82) is 0 Å². The second-order valence-corrected chi connectivity index (χ2v) is 4.77. The Bertz CT molecular complexity index is 458. The Kier molecular flexibility index (Phi) is 4.95. The van der Waals surface area contributed by atoms with Gasteiger partial charge in [-0.05, 0) is 5.56 Å². The highest BCUT2D eigenvalue weighted by Gasteiger charge is 2.26. The quantitative estimate of drug-likeness (QED) is 0.739. The van der Waals surface area contributed by atoms with Crippen LogP contribution in [-0.4, -0.2) is 54.2 Å². The standard InChI is InChI=1S/C14H19N3O3/c18-13(17-8-6-15-7-9-17)12(16-14(19)20)10-11-4-2-1-3-5-11/h1-5,12,15-16H,6-10H2,(H,19,20)/t12-/m0/s1. The van der Waals surface area contributed by atoms with Crippen LogP contribution in [0.2, 0.25) is 0 Å². The Morgan fingerprint density at radius 3 is 2.50 bits per heavy atom. The normalized spacial score (nSPS) is 16.5. The minimum atomic E-state index is -1.17. The van der Waals surface area contributed by atoms with Crippen molar-refractivity contribution in [2.45, 2.75) is 12.5 Å². The number of hydrogen-bond acceptors (Lipinski definition) is 3. The Labute approximate surface area is 117 Å². The second-order valence-electron chi connectivity index (χ2n) is 4.77. The molecule has 1 aromatic rings. The molecule has 0 radical (unpaired) electrons. The van der Waals surface area contributed by atoms with E-state index in [1.54, 1.807) is 4.90 Å². The number of hydrogen-bond donors (Lipinski definition) is 3. The van der Waals surface area contributed by atoms with Crippen LogP contribution < -0.4 is 10.6 Å². The number of piperazine rings is 1. The van der Waals surface area contributed by atoms with E-state index in [2.05, 4.69) is 10.6 Å². The highest BCUT2D eigenvalue weighted by molar-refractivity contribution is 5.85. The lowest BCUT2D eigenvalue weighted by atomic mass is 10.0. The van der Waals surface area contributed by atoms with Crippen LogP contribution in [0, 0.1) is 0 Å². The number of amides is 2. The van der Waals surface area contributed by atoms with Crippen molar-refractivity contribution in [3.63, 3.8) is 0 Å². The summed E-state index contributed by atoms with van der Waals surface area (Å²) in [5.41, 5.74) is 0.940. The molecule has 0 aliphatic carbocycles. The SMILES string of the molecule is O=C(O)N[C@@H](Cc1ccccc1)C(=O)N1CCNCC1. The maximum absolute atomic E-state index is 12.4. The number of nitrogens with one attached hydrogen (secondary N) is 2. The summed E-state index contributed by atoms with van der Waals surface area (Å²) in [7, 11) is 0. The molecule has 1 heterocycles. The minimum Gasteiger partial charge on any atom is -0.465 e. The fraction of sp³-hybridized carbons (Fsp3) is 0.429. The molecule has 0 bridgehead atoms. The monoisotopic (exact) mass is 277 g/mol. The van der Waals surface area contributed by atoms with Crippen molar-refractivity contribution < 1.29 is 14.7 Å². The van der Waals surface area contributed by atoms with E-state index in [0.717, 1.165) is 18.7 Å². The van der Waals surface area contributed by atoms with Gasteiger partial charge in [0, 0.05) is 32.6 Å². The number of carbonyl (C=O) groups excluding carboxylic acids is 1. The minimum absolute atomic E-state index is 0.155. The summed E-state index contributed by atoms with van der Waals surface area (Å²) in [6.07, 6.45) is -0.801. The van der Waals surface area contributed by atoms with Crippen molar-refractivity contribution in [1.82, 2.24) is 15.5 Å². The molecule has 1 fully saturated rings. The number of nitrogens with zero attached hydrogens (tertiary/aromatic N) is 1. The van der Waals surface area contributed by atoms with E-state index in [-0.39, 0.29) is 5.91 Å². The fourth-order valence-corrected chi connectivity index (χ4v) is 2.30. The van der Waals surface area contributed by atoms with Crippen LogP contribution in [0.1, 0.15) is 5.56 Å². The first-order chi connectivity index (χ1) is 9.66. The van der Waals surface area contributed by atoms with Crippen molar-refractivity contribution >= 4 is 12.0 Å². The molecule has 1 aliphatic heterocycles. The largest absolute Gasteiger partial charge is 0.465 e. The summed E-state index contributed by atoms with van der Waals surface area (Å²) < 4.78 is 0. The molecule has 6 heteroatoms. The number of benzene rings is 1. The maximum Gasteiger partial charge on any atom is 0.405 e. The summed E-state index contributed by atoms with van der Waals surface area (Å²) in [5, 5.41) is 14.4. The molecule has 1 saturated heterocycles. The average Bonchev–Trinajstić information content (AvgIpc) is 2.47. The first-order valence-corrected chi connectivity index (χ1v) is 6.69. The van der Waals surface area contributed by atoms with Gasteiger partial charge in [-0.15, -0.1) is 0 Å². The summed E-state index contributed by atoms with van der Waals surface area (Å²) in [6.45, 7) is 2.73. The predicted molar refractivity (Wildman–Crippen MR) is 74.5 cm³/mol. The van der Waals surface area contributed by atoms with Crippen molar-refractivity contribution in [2.24, 2.45) is 0 Å². The smallest absolute Gasteiger partial charge is 0.405 e. The van der Waals surface area contributed by atoms with Crippen molar-refractivity contribution in [3.8, 4) is 0 Å². The Hall–Kier alpha value is -2.08. The molecule has 1 aromatic carbocycles. The summed E-state index contributed by atoms with van der Waals surface area (Å²) in [4.78, 5) is 25.0. The highest BCUT2D eigenvalue weighted by atomic mass is 16.4. The van der Waals surface area contributed by atoms with Gasteiger partial charge in [0.05, 0.1) is 0 Å². The molecule has 2 amide bonds. The third kappa shape index (κ3) is 3.96. The molecule has 3 N–H and O–H groups in total. The van der Waals surface area contributed by atoms with Gasteiger partial charge in [-0.3, -0.25) is 4.79 Å². The molecular weight excluding hydrogens is 258 g/mol. The van der Waals surface area contributed by atoms with E-state index in [1.165, 1.54) is 0 Å². The lowest BCUT2D eigenvalue weighted by Gasteiger charge is -2.30. The zero-order valence-corrected chi connectivity index (χ0v) is 11.2. The van der Waals surface area contributed by atoms with Gasteiger partial charge in [-0.25, -0.2) is 4.79 Å². The molecule has 1 aliphatic rings. The van der Waals surface area contributed by atoms with E-state index in [4.69, 9.17) is 5.11 Å². The summed E-state index contributed by atoms with van der Waals surface area (Å²) in [5.74, 6) is -0.155.